The Morgan fingerprint density at radius 3 is 2.11 bits per heavy atom. The fraction of sp³-hybridized carbons (Fsp3) is 0.185. The molecule has 0 bridgehead atoms. The van der Waals surface area contributed by atoms with Crippen molar-refractivity contribution < 1.29 is 37.3 Å². The van der Waals surface area contributed by atoms with Crippen molar-refractivity contribution >= 4 is 61.5 Å². The van der Waals surface area contributed by atoms with E-state index in [4.69, 9.17) is 19.2 Å². The molecule has 362 valence electrons. The number of anilines is 2. The Bertz CT molecular complexity index is 3390. The van der Waals surface area contributed by atoms with Crippen molar-refractivity contribution in [3.63, 3.8) is 0 Å². The van der Waals surface area contributed by atoms with Gasteiger partial charge >= 0.3 is 5.69 Å². The zero-order valence-corrected chi connectivity index (χ0v) is 39.6. The number of halogens is 1. The fourth-order valence-electron chi connectivity index (χ4n) is 8.95. The van der Waals surface area contributed by atoms with E-state index in [-0.39, 0.29) is 60.1 Å². The van der Waals surface area contributed by atoms with E-state index >= 15 is 4.39 Å². The van der Waals surface area contributed by atoms with Crippen LogP contribution in [0.25, 0.3) is 33.1 Å². The van der Waals surface area contributed by atoms with Crippen LogP contribution in [0.4, 0.5) is 15.8 Å². The molecule has 17 heteroatoms. The number of amides is 2. The van der Waals surface area contributed by atoms with Gasteiger partial charge in [0.15, 0.2) is 5.82 Å². The van der Waals surface area contributed by atoms with E-state index < -0.39 is 29.2 Å². The highest BCUT2D eigenvalue weighted by Gasteiger charge is 2.39. The first-order valence-electron chi connectivity index (χ1n) is 23.0. The zero-order chi connectivity index (χ0) is 49.2. The number of aryl methyl sites for hydroxylation is 1. The van der Waals surface area contributed by atoms with Gasteiger partial charge in [-0.3, -0.25) is 32.7 Å². The number of pyridine rings is 1. The van der Waals surface area contributed by atoms with Crippen LogP contribution in [0.3, 0.4) is 0 Å². The molecule has 2 aromatic heterocycles. The first-order chi connectivity index (χ1) is 34.4. The lowest BCUT2D eigenvalue weighted by molar-refractivity contribution is -0.118. The van der Waals surface area contributed by atoms with Gasteiger partial charge < -0.3 is 19.5 Å². The van der Waals surface area contributed by atoms with E-state index in [1.54, 1.807) is 46.5 Å². The number of imidazole rings is 1. The van der Waals surface area contributed by atoms with Crippen LogP contribution >= 0.6 is 11.0 Å². The quantitative estimate of drug-likeness (QED) is 0.0771. The lowest BCUT2D eigenvalue weighted by atomic mass is 9.96. The summed E-state index contributed by atoms with van der Waals surface area (Å²) in [5.74, 6) is -1.14. The second-order valence-electron chi connectivity index (χ2n) is 17.4. The normalized spacial score (nSPS) is 16.1. The SMILES string of the molecule is CC1C=C(c2ccc3c(c2)n(C)c(=O)n3-c2ccc(OCc3ccccc3)nc2OCc2ccccc2)CCN1CC(=O)Nc1ccc2c(F)c(N3CC(=O)NS3(O)O)c(OCc3ccccc3)cc2c1. The number of carbonyl (C=O) groups is 2. The maximum Gasteiger partial charge on any atom is 0.333 e. The van der Waals surface area contributed by atoms with E-state index in [2.05, 4.69) is 21.0 Å². The van der Waals surface area contributed by atoms with Crippen LogP contribution < -0.4 is 34.2 Å². The first-order valence-corrected chi connectivity index (χ1v) is 24.5. The third-order valence-corrected chi connectivity index (χ3v) is 14.0. The van der Waals surface area contributed by atoms with E-state index in [1.165, 1.54) is 6.07 Å². The molecule has 0 radical (unpaired) electrons. The van der Waals surface area contributed by atoms with Crippen LogP contribution in [0, 0.1) is 5.82 Å². The molecule has 0 spiro atoms. The van der Waals surface area contributed by atoms with Gasteiger partial charge in [0.2, 0.25) is 17.7 Å². The minimum Gasteiger partial charge on any atom is -0.487 e. The number of fused-ring (bicyclic) bond motifs is 2. The number of carbonyl (C=O) groups excluding carboxylic acids is 2. The van der Waals surface area contributed by atoms with Crippen LogP contribution in [0.5, 0.6) is 17.5 Å². The number of nitrogens with one attached hydrogen (secondary N) is 2. The second kappa shape index (κ2) is 19.8. The lowest BCUT2D eigenvalue weighted by Crippen LogP contribution is -2.41. The molecule has 71 heavy (non-hydrogen) atoms. The number of rotatable bonds is 15. The van der Waals surface area contributed by atoms with Crippen molar-refractivity contribution in [2.45, 2.75) is 39.2 Å². The molecule has 6 aromatic carbocycles. The van der Waals surface area contributed by atoms with Crippen LogP contribution in [0.1, 0.15) is 35.6 Å². The molecule has 2 amide bonds. The van der Waals surface area contributed by atoms with Crippen LogP contribution in [0.15, 0.2) is 156 Å². The van der Waals surface area contributed by atoms with Gasteiger partial charge in [0.1, 0.15) is 43.5 Å². The third kappa shape index (κ3) is 9.93. The van der Waals surface area contributed by atoms with Gasteiger partial charge in [-0.2, -0.15) is 4.98 Å². The molecule has 15 nitrogen and oxygen atoms in total. The van der Waals surface area contributed by atoms with Gasteiger partial charge in [-0.05, 0) is 100.0 Å². The van der Waals surface area contributed by atoms with Gasteiger partial charge in [0.05, 0.1) is 17.6 Å². The van der Waals surface area contributed by atoms with Gasteiger partial charge in [-0.1, -0.05) is 103 Å². The summed E-state index contributed by atoms with van der Waals surface area (Å²) in [5, 5.41) is 3.47. The molecular formula is C54H50FN7O8S. The molecule has 2 aliphatic heterocycles. The largest absolute Gasteiger partial charge is 0.487 e. The summed E-state index contributed by atoms with van der Waals surface area (Å²) >= 11 is 0. The minimum atomic E-state index is -3.86. The predicted molar refractivity (Wildman–Crippen MR) is 273 cm³/mol. The maximum atomic E-state index is 16.4. The number of benzene rings is 6. The average molecular weight is 976 g/mol. The summed E-state index contributed by atoms with van der Waals surface area (Å²) in [6.07, 6.45) is 2.78. The Morgan fingerprint density at radius 2 is 1.46 bits per heavy atom. The summed E-state index contributed by atoms with van der Waals surface area (Å²) < 4.78 is 62.4. The molecule has 4 N–H and O–H groups in total. The molecule has 1 atom stereocenters. The summed E-state index contributed by atoms with van der Waals surface area (Å²) in [7, 11) is -2.12. The highest BCUT2D eigenvalue weighted by atomic mass is 32.3. The van der Waals surface area contributed by atoms with Crippen molar-refractivity contribution in [2.75, 3.05) is 29.3 Å². The molecular weight excluding hydrogens is 926 g/mol. The van der Waals surface area contributed by atoms with E-state index in [9.17, 15) is 23.5 Å². The topological polar surface area (TPSA) is 173 Å². The van der Waals surface area contributed by atoms with Crippen molar-refractivity contribution in [3.8, 4) is 23.2 Å². The Kier molecular flexibility index (Phi) is 13.0. The number of hydrogen-bond acceptors (Lipinski definition) is 11. The van der Waals surface area contributed by atoms with Crippen molar-refractivity contribution in [2.24, 2.45) is 7.05 Å². The zero-order valence-electron chi connectivity index (χ0n) is 38.8. The molecule has 4 heterocycles. The Balaban J connectivity index is 0.854. The highest BCUT2D eigenvalue weighted by Crippen LogP contribution is 2.51. The molecule has 1 unspecified atom stereocenters. The third-order valence-electron chi connectivity index (χ3n) is 12.6. The van der Waals surface area contributed by atoms with Crippen molar-refractivity contribution in [1.82, 2.24) is 23.7 Å². The first kappa shape index (κ1) is 46.8. The van der Waals surface area contributed by atoms with Crippen molar-refractivity contribution in [1.29, 1.82) is 0 Å². The average Bonchev–Trinajstić information content (AvgIpc) is 3.80. The molecule has 1 fully saturated rings. The van der Waals surface area contributed by atoms with E-state index in [1.807, 2.05) is 116 Å². The standard InChI is InChI=1S/C54H50FN7O8S/c1-35-26-40(39-18-21-44-46(28-39)59(2)54(65)62(44)45-22-23-50(69-33-37-14-8-4-9-15-37)57-53(45)70-34-38-16-10-5-11-17-38)24-25-60(35)30-48(63)56-42-19-20-43-41(27-42)29-47(68-32-36-12-6-3-7-13-36)52(51(43)55)61-31-49(64)58-71(61,66)67/h3-23,26-29,35,66-67H,24-25,30-34H2,1-2H3,(H,56,63)(H,58,64). The second-order valence-corrected chi connectivity index (χ2v) is 19.1. The van der Waals surface area contributed by atoms with Crippen LogP contribution in [-0.2, 0) is 36.5 Å². The summed E-state index contributed by atoms with van der Waals surface area (Å²) in [4.78, 5) is 46.7. The predicted octanol–water partition coefficient (Wildman–Crippen LogP) is 9.39. The smallest absolute Gasteiger partial charge is 0.333 e. The summed E-state index contributed by atoms with van der Waals surface area (Å²) in [5.41, 5.74) is 6.56. The number of hydrogen-bond donors (Lipinski definition) is 4. The number of aromatic nitrogens is 3. The van der Waals surface area contributed by atoms with E-state index in [0.717, 1.165) is 37.6 Å². The monoisotopic (exact) mass is 975 g/mol. The molecule has 0 saturated carbocycles. The fourth-order valence-corrected chi connectivity index (χ4v) is 10.1. The Labute approximate surface area is 410 Å². The molecule has 10 rings (SSSR count). The molecule has 8 aromatic rings. The molecule has 0 aliphatic carbocycles. The van der Waals surface area contributed by atoms with E-state index in [0.29, 0.717) is 47.7 Å². The maximum absolute atomic E-state index is 16.4. The highest BCUT2D eigenvalue weighted by molar-refractivity contribution is 8.24. The Morgan fingerprint density at radius 1 is 0.803 bits per heavy atom. The molecule has 1 saturated heterocycles. The molecule has 2 aliphatic rings. The Hall–Kier alpha value is -7.96. The summed E-state index contributed by atoms with van der Waals surface area (Å²) in [6, 6.07) is 44.4. The summed E-state index contributed by atoms with van der Waals surface area (Å²) in [6.45, 7) is 2.82. The number of ether oxygens (including phenoxy) is 3. The van der Waals surface area contributed by atoms with Crippen LogP contribution in [0.2, 0.25) is 0 Å². The minimum absolute atomic E-state index is 0.00593. The van der Waals surface area contributed by atoms with Gasteiger partial charge in [0, 0.05) is 36.8 Å². The van der Waals surface area contributed by atoms with Crippen LogP contribution in [-0.4, -0.2) is 65.6 Å². The lowest BCUT2D eigenvalue weighted by Gasteiger charge is -2.37. The van der Waals surface area contributed by atoms with Gasteiger partial charge in [0.25, 0.3) is 5.91 Å². The van der Waals surface area contributed by atoms with Gasteiger partial charge in [-0.15, -0.1) is 0 Å². The van der Waals surface area contributed by atoms with Gasteiger partial charge in [-0.25, -0.2) is 18.2 Å². The number of nitrogens with zero attached hydrogens (tertiary/aromatic N) is 5. The van der Waals surface area contributed by atoms with Crippen molar-refractivity contribution in [3.05, 3.63) is 190 Å².